The molecule has 29 heavy (non-hydrogen) atoms. The number of nitrogens with zero attached hydrogens (tertiary/aromatic N) is 3. The molecule has 3 aromatic rings. The highest BCUT2D eigenvalue weighted by Gasteiger charge is 2.08. The smallest absolute Gasteiger partial charge is 0.328 e. The van der Waals surface area contributed by atoms with Gasteiger partial charge in [0.2, 0.25) is 0 Å². The van der Waals surface area contributed by atoms with Crippen molar-refractivity contribution >= 4 is 11.5 Å². The van der Waals surface area contributed by atoms with E-state index in [-0.39, 0.29) is 0 Å². The lowest BCUT2D eigenvalue weighted by atomic mass is 10.1. The van der Waals surface area contributed by atoms with Gasteiger partial charge < -0.3 is 19.1 Å². The summed E-state index contributed by atoms with van der Waals surface area (Å²) in [6.45, 7) is 2.49. The lowest BCUT2D eigenvalue weighted by Crippen LogP contribution is -2.23. The molecule has 0 amide bonds. The van der Waals surface area contributed by atoms with Crippen molar-refractivity contribution in [1.29, 1.82) is 0 Å². The summed E-state index contributed by atoms with van der Waals surface area (Å²) in [5, 5.41) is 0.881. The highest BCUT2D eigenvalue weighted by molar-refractivity contribution is 7.09. The van der Waals surface area contributed by atoms with Crippen molar-refractivity contribution in [3.8, 4) is 28.1 Å². The van der Waals surface area contributed by atoms with Gasteiger partial charge in [0.25, 0.3) is 0 Å². The highest BCUT2D eigenvalue weighted by Crippen LogP contribution is 2.24. The van der Waals surface area contributed by atoms with Crippen molar-refractivity contribution in [2.24, 2.45) is 0 Å². The zero-order valence-electron chi connectivity index (χ0n) is 17.1. The maximum atomic E-state index is 5.71. The van der Waals surface area contributed by atoms with Crippen molar-refractivity contribution in [3.63, 3.8) is 0 Å². The van der Waals surface area contributed by atoms with E-state index in [1.54, 1.807) is 14.2 Å². The molecule has 0 radical (unpaired) electrons. The quantitative estimate of drug-likeness (QED) is 0.440. The molecule has 1 aromatic heterocycles. The molecule has 154 valence electrons. The first-order valence-electron chi connectivity index (χ1n) is 9.60. The normalized spacial score (nSPS) is 10.9. The number of methoxy groups -OCH3 is 2. The Morgan fingerprint density at radius 1 is 0.966 bits per heavy atom. The molecular formula is C22H27N3O3S. The summed E-state index contributed by atoms with van der Waals surface area (Å²) in [6, 6.07) is 16.5. The molecular weight excluding hydrogens is 386 g/mol. The lowest BCUT2D eigenvalue weighted by Gasteiger charge is -2.17. The average Bonchev–Trinajstić information content (AvgIpc) is 3.24. The number of hydrogen-bond donors (Lipinski definition) is 0. The van der Waals surface area contributed by atoms with E-state index in [9.17, 15) is 0 Å². The first kappa shape index (κ1) is 21.1. The van der Waals surface area contributed by atoms with Crippen LogP contribution in [0, 0.1) is 0 Å². The van der Waals surface area contributed by atoms with E-state index in [0.29, 0.717) is 12.6 Å². The van der Waals surface area contributed by atoms with E-state index in [1.807, 2.05) is 36.4 Å². The molecule has 1 heterocycles. The Kier molecular flexibility index (Phi) is 7.84. The van der Waals surface area contributed by atoms with Crippen LogP contribution in [0.1, 0.15) is 12.0 Å². The molecule has 6 nitrogen and oxygen atoms in total. The predicted molar refractivity (Wildman–Crippen MR) is 116 cm³/mol. The molecule has 3 rings (SSSR count). The minimum Gasteiger partial charge on any atom is -0.497 e. The van der Waals surface area contributed by atoms with Gasteiger partial charge in [0.05, 0.1) is 20.8 Å². The molecule has 0 bridgehead atoms. The zero-order valence-corrected chi connectivity index (χ0v) is 17.9. The van der Waals surface area contributed by atoms with Crippen molar-refractivity contribution in [2.45, 2.75) is 12.8 Å². The van der Waals surface area contributed by atoms with E-state index in [2.05, 4.69) is 33.4 Å². The number of rotatable bonds is 11. The first-order valence-corrected chi connectivity index (χ1v) is 10.4. The van der Waals surface area contributed by atoms with Crippen LogP contribution in [0.5, 0.6) is 17.5 Å². The predicted octanol–water partition coefficient (Wildman–Crippen LogP) is 4.17. The molecule has 0 saturated heterocycles. The van der Waals surface area contributed by atoms with Crippen LogP contribution in [0.4, 0.5) is 0 Å². The van der Waals surface area contributed by atoms with E-state index in [1.165, 1.54) is 17.1 Å². The molecule has 0 saturated carbocycles. The molecule has 0 N–H and O–H groups in total. The highest BCUT2D eigenvalue weighted by atomic mass is 32.1. The Labute approximate surface area is 176 Å². The van der Waals surface area contributed by atoms with E-state index < -0.39 is 0 Å². The Morgan fingerprint density at radius 2 is 1.69 bits per heavy atom. The largest absolute Gasteiger partial charge is 0.497 e. The van der Waals surface area contributed by atoms with Gasteiger partial charge in [-0.15, -0.1) is 4.37 Å². The van der Waals surface area contributed by atoms with Gasteiger partial charge in [-0.3, -0.25) is 0 Å². The van der Waals surface area contributed by atoms with Gasteiger partial charge in [0.1, 0.15) is 16.5 Å². The van der Waals surface area contributed by atoms with Crippen LogP contribution in [0.3, 0.4) is 0 Å². The molecule has 0 aliphatic carbocycles. The van der Waals surface area contributed by atoms with E-state index in [4.69, 9.17) is 14.2 Å². The second-order valence-electron chi connectivity index (χ2n) is 6.72. The Balaban J connectivity index is 1.38. The molecule has 0 atom stereocenters. The summed E-state index contributed by atoms with van der Waals surface area (Å²) in [5.74, 6) is 1.64. The third-order valence-corrected chi connectivity index (χ3v) is 5.28. The first-order chi connectivity index (χ1) is 14.2. The summed E-state index contributed by atoms with van der Waals surface area (Å²) in [5.41, 5.74) is 2.26. The molecule has 0 unspecified atom stereocenters. The molecule has 0 aliphatic rings. The van der Waals surface area contributed by atoms with Crippen molar-refractivity contribution < 1.29 is 14.2 Å². The van der Waals surface area contributed by atoms with Crippen LogP contribution in [0.2, 0.25) is 0 Å². The van der Waals surface area contributed by atoms with Crippen molar-refractivity contribution in [3.05, 3.63) is 54.1 Å². The third-order valence-electron chi connectivity index (χ3n) is 4.54. The summed E-state index contributed by atoms with van der Waals surface area (Å²) in [4.78, 5) is 6.74. The fourth-order valence-corrected chi connectivity index (χ4v) is 3.53. The lowest BCUT2D eigenvalue weighted by molar-refractivity contribution is 0.253. The number of ether oxygens (including phenoxy) is 3. The average molecular weight is 414 g/mol. The van der Waals surface area contributed by atoms with Gasteiger partial charge >= 0.3 is 6.01 Å². The summed E-state index contributed by atoms with van der Waals surface area (Å²) in [7, 11) is 5.46. The van der Waals surface area contributed by atoms with Gasteiger partial charge in [-0.2, -0.15) is 4.98 Å². The third kappa shape index (κ3) is 6.44. The monoisotopic (exact) mass is 413 g/mol. The van der Waals surface area contributed by atoms with Crippen LogP contribution < -0.4 is 14.2 Å². The van der Waals surface area contributed by atoms with Crippen molar-refractivity contribution in [1.82, 2.24) is 14.3 Å². The maximum absolute atomic E-state index is 5.71. The number of benzene rings is 2. The van der Waals surface area contributed by atoms with Gasteiger partial charge in [-0.05, 0) is 49.1 Å². The van der Waals surface area contributed by atoms with Crippen LogP contribution in [-0.4, -0.2) is 55.2 Å². The summed E-state index contributed by atoms with van der Waals surface area (Å²) in [6.07, 6.45) is 1.84. The molecule has 0 fully saturated rings. The Bertz CT molecular complexity index is 864. The second-order valence-corrected chi connectivity index (χ2v) is 7.48. The topological polar surface area (TPSA) is 56.7 Å². The van der Waals surface area contributed by atoms with E-state index in [0.717, 1.165) is 48.0 Å². The minimum absolute atomic E-state index is 0.458. The van der Waals surface area contributed by atoms with Crippen LogP contribution in [0.25, 0.3) is 10.6 Å². The maximum Gasteiger partial charge on any atom is 0.328 e. The van der Waals surface area contributed by atoms with E-state index >= 15 is 0 Å². The summed E-state index contributed by atoms with van der Waals surface area (Å²) < 4.78 is 20.7. The van der Waals surface area contributed by atoms with Gasteiger partial charge in [0.15, 0.2) is 0 Å². The van der Waals surface area contributed by atoms with Gasteiger partial charge in [-0.1, -0.05) is 30.3 Å². The SMILES string of the molecule is COc1cc(CCN(C)CCCOc2nsc(-c3ccccc3)n2)cc(OC)c1. The number of aromatic nitrogens is 2. The Morgan fingerprint density at radius 3 is 2.38 bits per heavy atom. The number of hydrogen-bond acceptors (Lipinski definition) is 7. The van der Waals surface area contributed by atoms with Gasteiger partial charge in [0, 0.05) is 24.7 Å². The van der Waals surface area contributed by atoms with Gasteiger partial charge in [-0.25, -0.2) is 0 Å². The van der Waals surface area contributed by atoms with Crippen LogP contribution in [-0.2, 0) is 6.42 Å². The number of likely N-dealkylation sites (N-methyl/N-ethyl adjacent to an activating group) is 1. The zero-order chi connectivity index (χ0) is 20.5. The fourth-order valence-electron chi connectivity index (χ4n) is 2.91. The Hall–Kier alpha value is -2.64. The van der Waals surface area contributed by atoms with Crippen LogP contribution in [0.15, 0.2) is 48.5 Å². The molecule has 7 heteroatoms. The van der Waals surface area contributed by atoms with Crippen LogP contribution >= 0.6 is 11.5 Å². The second kappa shape index (κ2) is 10.8. The minimum atomic E-state index is 0.458. The standard InChI is InChI=1S/C22H27N3O3S/c1-25(12-10-17-14-19(26-2)16-20(15-17)27-3)11-7-13-28-22-23-21(29-24-22)18-8-5-4-6-9-18/h4-6,8-9,14-16H,7,10-13H2,1-3H3. The molecule has 2 aromatic carbocycles. The molecule has 0 aliphatic heterocycles. The molecule has 0 spiro atoms. The van der Waals surface area contributed by atoms with Crippen molar-refractivity contribution in [2.75, 3.05) is 41.0 Å². The summed E-state index contributed by atoms with van der Waals surface area (Å²) >= 11 is 1.36. The fraction of sp³-hybridized carbons (Fsp3) is 0.364.